The van der Waals surface area contributed by atoms with E-state index in [4.69, 9.17) is 20.7 Å². The molecule has 1 saturated heterocycles. The maximum atomic E-state index is 10.8. The second kappa shape index (κ2) is 5.70. The van der Waals surface area contributed by atoms with Crippen molar-refractivity contribution in [2.45, 2.75) is 31.0 Å². The normalized spacial score (nSPS) is 27.6. The van der Waals surface area contributed by atoms with Crippen LogP contribution in [0.3, 0.4) is 0 Å². The molecule has 0 spiro atoms. The number of hydrogen-bond donors (Lipinski definition) is 5. The summed E-state index contributed by atoms with van der Waals surface area (Å²) in [7, 11) is 0. The number of fused-ring (bicyclic) bond motifs is 1. The van der Waals surface area contributed by atoms with Crippen molar-refractivity contribution in [3.05, 3.63) is 12.2 Å². The number of anilines is 1. The molecule has 1 aliphatic heterocycles. The first kappa shape index (κ1) is 15.6. The molecule has 0 bridgehead atoms. The van der Waals surface area contributed by atoms with Crippen molar-refractivity contribution >= 4 is 23.0 Å². The molecule has 0 unspecified atom stereocenters. The smallest absolute Gasteiger partial charge is 0.311 e. The summed E-state index contributed by atoms with van der Waals surface area (Å²) in [5.74, 6) is -1.14. The van der Waals surface area contributed by atoms with Crippen molar-refractivity contribution in [1.82, 2.24) is 19.5 Å². The molecule has 0 aliphatic carbocycles. The van der Waals surface area contributed by atoms with Crippen LogP contribution >= 0.6 is 0 Å². The first-order valence-electron chi connectivity index (χ1n) is 6.75. The number of aliphatic carboxylic acids is 1. The minimum atomic E-state index is -1.32. The molecule has 11 nitrogen and oxygen atoms in total. The lowest BCUT2D eigenvalue weighted by Crippen LogP contribution is -2.33. The Balaban J connectivity index is 2.05. The molecule has 0 aromatic carbocycles. The maximum Gasteiger partial charge on any atom is 0.311 e. The van der Waals surface area contributed by atoms with Crippen LogP contribution in [0.1, 0.15) is 12.1 Å². The number of nitrogens with two attached hydrogens (primary N) is 1. The van der Waals surface area contributed by atoms with Crippen LogP contribution in [0.5, 0.6) is 0 Å². The summed E-state index contributed by atoms with van der Waals surface area (Å²) in [5.41, 5.74) is 6.14. The van der Waals surface area contributed by atoms with Gasteiger partial charge >= 0.3 is 5.97 Å². The van der Waals surface area contributed by atoms with E-state index in [0.29, 0.717) is 0 Å². The molecule has 1 aliphatic rings. The molecule has 3 heterocycles. The molecule has 2 aromatic rings. The Labute approximate surface area is 129 Å². The number of aromatic nitrogens is 4. The standard InChI is InChI=1S/C12H15N5O6/c13-10-7-11(16-5(15-10)1-6(19)20)17(3-14-7)12-9(22)8(21)4(2-18)23-12/h3-4,8-9,12,18,21-22H,1-2H2,(H,19,20)(H2,13,15,16)/t4-,8-,9-,12-/m1/s1. The van der Waals surface area contributed by atoms with Gasteiger partial charge in [-0.15, -0.1) is 0 Å². The Morgan fingerprint density at radius 1 is 1.35 bits per heavy atom. The Morgan fingerprint density at radius 2 is 2.09 bits per heavy atom. The number of nitrogen functional groups attached to an aromatic ring is 1. The highest BCUT2D eigenvalue weighted by atomic mass is 16.6. The Morgan fingerprint density at radius 3 is 2.70 bits per heavy atom. The average Bonchev–Trinajstić information content (AvgIpc) is 3.01. The molecule has 3 rings (SSSR count). The largest absolute Gasteiger partial charge is 0.481 e. The van der Waals surface area contributed by atoms with Crippen molar-refractivity contribution in [2.24, 2.45) is 0 Å². The van der Waals surface area contributed by atoms with Crippen LogP contribution in [0.2, 0.25) is 0 Å². The second-order valence-electron chi connectivity index (χ2n) is 5.15. The van der Waals surface area contributed by atoms with Gasteiger partial charge in [-0.25, -0.2) is 15.0 Å². The number of imidazole rings is 1. The highest BCUT2D eigenvalue weighted by Gasteiger charge is 2.44. The summed E-state index contributed by atoms with van der Waals surface area (Å²) in [4.78, 5) is 22.8. The highest BCUT2D eigenvalue weighted by molar-refractivity contribution is 5.82. The van der Waals surface area contributed by atoms with Gasteiger partial charge in [-0.1, -0.05) is 0 Å². The Kier molecular flexibility index (Phi) is 3.85. The fourth-order valence-corrected chi connectivity index (χ4v) is 2.50. The molecule has 23 heavy (non-hydrogen) atoms. The molecule has 0 radical (unpaired) electrons. The van der Waals surface area contributed by atoms with Gasteiger partial charge < -0.3 is 30.9 Å². The van der Waals surface area contributed by atoms with Crippen LogP contribution in [0.25, 0.3) is 11.2 Å². The van der Waals surface area contributed by atoms with E-state index in [2.05, 4.69) is 15.0 Å². The number of carbonyl (C=O) groups is 1. The number of carboxylic acids is 1. The predicted octanol–water partition coefficient (Wildman–Crippen LogP) is -2.35. The molecular formula is C12H15N5O6. The van der Waals surface area contributed by atoms with Crippen LogP contribution in [0, 0.1) is 0 Å². The van der Waals surface area contributed by atoms with Crippen LogP contribution in [0.4, 0.5) is 5.82 Å². The number of aliphatic hydroxyl groups excluding tert-OH is 3. The number of ether oxygens (including phenoxy) is 1. The van der Waals surface area contributed by atoms with Gasteiger partial charge in [-0.2, -0.15) is 0 Å². The van der Waals surface area contributed by atoms with E-state index in [9.17, 15) is 15.0 Å². The summed E-state index contributed by atoms with van der Waals surface area (Å²) < 4.78 is 6.73. The molecule has 11 heteroatoms. The molecule has 0 saturated carbocycles. The average molecular weight is 325 g/mol. The molecule has 6 N–H and O–H groups in total. The minimum Gasteiger partial charge on any atom is -0.481 e. The zero-order valence-corrected chi connectivity index (χ0v) is 11.8. The summed E-state index contributed by atoms with van der Waals surface area (Å²) in [6.07, 6.45) is -3.73. The third kappa shape index (κ3) is 2.59. The zero-order chi connectivity index (χ0) is 16.7. The van der Waals surface area contributed by atoms with Crippen molar-refractivity contribution in [2.75, 3.05) is 12.3 Å². The lowest BCUT2D eigenvalue weighted by atomic mass is 10.1. The number of hydrogen-bond acceptors (Lipinski definition) is 9. The molecule has 4 atom stereocenters. The van der Waals surface area contributed by atoms with Crippen molar-refractivity contribution in [3.63, 3.8) is 0 Å². The van der Waals surface area contributed by atoms with Crippen LogP contribution in [-0.4, -0.2) is 70.8 Å². The van der Waals surface area contributed by atoms with Gasteiger partial charge in [0.2, 0.25) is 0 Å². The first-order chi connectivity index (χ1) is 10.9. The SMILES string of the molecule is Nc1nc(CC(=O)O)nc2c1ncn2[C@@H]1O[C@H](CO)[C@@H](O)[C@H]1O. The molecule has 0 amide bonds. The van der Waals surface area contributed by atoms with E-state index in [0.717, 1.165) is 0 Å². The molecule has 124 valence electrons. The lowest BCUT2D eigenvalue weighted by Gasteiger charge is -2.16. The van der Waals surface area contributed by atoms with E-state index in [1.165, 1.54) is 10.9 Å². The van der Waals surface area contributed by atoms with Crippen molar-refractivity contribution in [1.29, 1.82) is 0 Å². The molecule has 2 aromatic heterocycles. The van der Waals surface area contributed by atoms with E-state index >= 15 is 0 Å². The summed E-state index contributed by atoms with van der Waals surface area (Å²) in [5, 5.41) is 37.9. The third-order valence-corrected chi connectivity index (χ3v) is 3.60. The number of nitrogens with zero attached hydrogens (tertiary/aromatic N) is 4. The third-order valence-electron chi connectivity index (χ3n) is 3.60. The zero-order valence-electron chi connectivity index (χ0n) is 11.8. The van der Waals surface area contributed by atoms with E-state index in [-0.39, 0.29) is 22.8 Å². The van der Waals surface area contributed by atoms with Crippen molar-refractivity contribution in [3.8, 4) is 0 Å². The number of aliphatic hydroxyl groups is 3. The summed E-state index contributed by atoms with van der Waals surface area (Å²) in [6.45, 7) is -0.470. The van der Waals surface area contributed by atoms with Crippen LogP contribution < -0.4 is 5.73 Å². The summed E-state index contributed by atoms with van der Waals surface area (Å²) in [6, 6.07) is 0. The van der Waals surface area contributed by atoms with Crippen molar-refractivity contribution < 1.29 is 30.0 Å². The Bertz CT molecular complexity index is 749. The predicted molar refractivity (Wildman–Crippen MR) is 74.1 cm³/mol. The van der Waals surface area contributed by atoms with E-state index in [1.54, 1.807) is 0 Å². The van der Waals surface area contributed by atoms with Gasteiger partial charge in [0.25, 0.3) is 0 Å². The lowest BCUT2D eigenvalue weighted by molar-refractivity contribution is -0.136. The minimum absolute atomic E-state index is 0.00302. The monoisotopic (exact) mass is 325 g/mol. The van der Waals surface area contributed by atoms with Gasteiger partial charge in [-0.05, 0) is 0 Å². The fraction of sp³-hybridized carbons (Fsp3) is 0.500. The summed E-state index contributed by atoms with van der Waals surface area (Å²) >= 11 is 0. The van der Waals surface area contributed by atoms with E-state index < -0.39 is 43.5 Å². The van der Waals surface area contributed by atoms with Crippen LogP contribution in [0.15, 0.2) is 6.33 Å². The number of rotatable bonds is 4. The van der Waals surface area contributed by atoms with Crippen LogP contribution in [-0.2, 0) is 16.0 Å². The second-order valence-corrected chi connectivity index (χ2v) is 5.15. The first-order valence-corrected chi connectivity index (χ1v) is 6.75. The topological polar surface area (TPSA) is 177 Å². The Hall–Kier alpha value is -2.34. The van der Waals surface area contributed by atoms with Gasteiger partial charge in [0, 0.05) is 0 Å². The maximum absolute atomic E-state index is 10.8. The molecular weight excluding hydrogens is 310 g/mol. The van der Waals surface area contributed by atoms with Gasteiger partial charge in [0.05, 0.1) is 12.9 Å². The number of carboxylic acid groups (broad SMARTS) is 1. The van der Waals surface area contributed by atoms with Gasteiger partial charge in [0.15, 0.2) is 17.7 Å². The van der Waals surface area contributed by atoms with Gasteiger partial charge in [-0.3, -0.25) is 9.36 Å². The van der Waals surface area contributed by atoms with E-state index in [1.807, 2.05) is 0 Å². The fourth-order valence-electron chi connectivity index (χ4n) is 2.50. The van der Waals surface area contributed by atoms with Gasteiger partial charge in [0.1, 0.15) is 36.1 Å². The highest BCUT2D eigenvalue weighted by Crippen LogP contribution is 2.31. The molecule has 1 fully saturated rings. The quantitative estimate of drug-likeness (QED) is 0.408.